The summed E-state index contributed by atoms with van der Waals surface area (Å²) >= 11 is 0. The lowest BCUT2D eigenvalue weighted by atomic mass is 10.00. The number of azo groups is 1. The number of phenolic OH excluding ortho intramolecular Hbond substituents is 1. The summed E-state index contributed by atoms with van der Waals surface area (Å²) in [6, 6.07) is 55.4. The molecule has 0 radical (unpaired) electrons. The molecule has 9 aromatic rings. The number of aromatic nitrogens is 1. The number of hydrogen-bond acceptors (Lipinski definition) is 5. The van der Waals surface area contributed by atoms with E-state index in [1.54, 1.807) is 6.07 Å². The standard InChI is InChI=1S/C52H43N5O2/c1-33-8-21-40(22-9-33)55-56-50-48-38(20-31-45-44-6-4-5-7-47(44)54-49(45)48)32-46(51(50)58)52(59)53-39-23-16-36(17-24-39)14-15-37-18-29-43(30-19-37)57(41-25-10-34(2)11-26-41)42-27-12-35(3)13-28-42/h4-13,16-32,54,58H,14-15H2,1-3H3,(H,53,59). The van der Waals surface area contributed by atoms with Crippen molar-refractivity contribution in [1.29, 1.82) is 0 Å². The Morgan fingerprint density at radius 3 is 1.76 bits per heavy atom. The number of anilines is 4. The highest BCUT2D eigenvalue weighted by Gasteiger charge is 2.22. The molecular weight excluding hydrogens is 727 g/mol. The van der Waals surface area contributed by atoms with E-state index in [-0.39, 0.29) is 17.0 Å². The number of H-pyrrole nitrogens is 1. The summed E-state index contributed by atoms with van der Waals surface area (Å²) in [5.74, 6) is -0.674. The van der Waals surface area contributed by atoms with Crippen LogP contribution in [0.1, 0.15) is 38.2 Å². The van der Waals surface area contributed by atoms with Gasteiger partial charge in [-0.2, -0.15) is 5.11 Å². The number of aryl methyl sites for hydroxylation is 5. The lowest BCUT2D eigenvalue weighted by Crippen LogP contribution is -2.12. The number of carbonyl (C=O) groups is 1. The predicted molar refractivity (Wildman–Crippen MR) is 243 cm³/mol. The lowest BCUT2D eigenvalue weighted by molar-refractivity contribution is 0.102. The van der Waals surface area contributed by atoms with Crippen LogP contribution in [0.5, 0.6) is 5.75 Å². The summed E-state index contributed by atoms with van der Waals surface area (Å²) < 4.78 is 0. The third-order valence-corrected chi connectivity index (χ3v) is 11.0. The molecular formula is C52H43N5O2. The Hall–Kier alpha value is -7.51. The van der Waals surface area contributed by atoms with Gasteiger partial charge in [0.1, 0.15) is 5.69 Å². The van der Waals surface area contributed by atoms with Gasteiger partial charge in [-0.1, -0.05) is 108 Å². The number of rotatable bonds is 10. The maximum absolute atomic E-state index is 13.9. The second kappa shape index (κ2) is 15.8. The Balaban J connectivity index is 0.934. The molecule has 8 aromatic carbocycles. The second-order valence-electron chi connectivity index (χ2n) is 15.2. The Labute approximate surface area is 343 Å². The third kappa shape index (κ3) is 7.66. The maximum Gasteiger partial charge on any atom is 0.259 e. The van der Waals surface area contributed by atoms with Gasteiger partial charge in [-0.25, -0.2) is 0 Å². The predicted octanol–water partition coefficient (Wildman–Crippen LogP) is 14.0. The quantitative estimate of drug-likeness (QED) is 0.121. The molecule has 1 amide bonds. The van der Waals surface area contributed by atoms with E-state index in [1.807, 2.05) is 85.8 Å². The van der Waals surface area contributed by atoms with Gasteiger partial charge in [0.15, 0.2) is 5.75 Å². The SMILES string of the molecule is Cc1ccc(N=Nc2c(O)c(C(=O)Nc3ccc(CCc4ccc(N(c5ccc(C)cc5)c5ccc(C)cc5)cc4)cc3)cc3ccc4c5ccccc5[nH]c4c23)cc1. The molecule has 3 N–H and O–H groups in total. The Kier molecular flexibility index (Phi) is 9.93. The van der Waals surface area contributed by atoms with E-state index in [9.17, 15) is 9.90 Å². The number of benzene rings is 8. The number of aromatic hydroxyl groups is 1. The van der Waals surface area contributed by atoms with Crippen LogP contribution in [0.4, 0.5) is 34.1 Å². The molecule has 0 atom stereocenters. The van der Waals surface area contributed by atoms with Gasteiger partial charge in [0.25, 0.3) is 5.91 Å². The highest BCUT2D eigenvalue weighted by Crippen LogP contribution is 2.44. The average Bonchev–Trinajstić information content (AvgIpc) is 3.64. The highest BCUT2D eigenvalue weighted by molar-refractivity contribution is 6.22. The first-order valence-corrected chi connectivity index (χ1v) is 19.9. The molecule has 7 heteroatoms. The van der Waals surface area contributed by atoms with Crippen molar-refractivity contribution in [2.24, 2.45) is 10.2 Å². The molecule has 59 heavy (non-hydrogen) atoms. The van der Waals surface area contributed by atoms with Crippen molar-refractivity contribution in [3.63, 3.8) is 0 Å². The van der Waals surface area contributed by atoms with Gasteiger partial charge in [-0.05, 0) is 123 Å². The molecule has 7 nitrogen and oxygen atoms in total. The van der Waals surface area contributed by atoms with Gasteiger partial charge < -0.3 is 20.3 Å². The van der Waals surface area contributed by atoms with E-state index in [1.165, 1.54) is 16.7 Å². The first kappa shape index (κ1) is 37.1. The van der Waals surface area contributed by atoms with Gasteiger partial charge in [0.2, 0.25) is 0 Å². The topological polar surface area (TPSA) is 93.1 Å². The van der Waals surface area contributed by atoms with E-state index >= 15 is 0 Å². The molecule has 1 aromatic heterocycles. The van der Waals surface area contributed by atoms with E-state index in [0.29, 0.717) is 16.8 Å². The van der Waals surface area contributed by atoms with Crippen LogP contribution in [0.15, 0.2) is 174 Å². The third-order valence-electron chi connectivity index (χ3n) is 11.0. The van der Waals surface area contributed by atoms with E-state index in [4.69, 9.17) is 0 Å². The Morgan fingerprint density at radius 1 is 0.610 bits per heavy atom. The van der Waals surface area contributed by atoms with E-state index < -0.39 is 5.91 Å². The fourth-order valence-electron chi connectivity index (χ4n) is 7.66. The zero-order valence-electron chi connectivity index (χ0n) is 33.2. The summed E-state index contributed by atoms with van der Waals surface area (Å²) in [5.41, 5.74) is 12.7. The van der Waals surface area contributed by atoms with Crippen LogP contribution < -0.4 is 10.2 Å². The average molecular weight is 770 g/mol. The Bertz CT molecular complexity index is 2940. The van der Waals surface area contributed by atoms with Gasteiger partial charge in [-0.15, -0.1) is 5.11 Å². The van der Waals surface area contributed by atoms with Crippen molar-refractivity contribution in [3.8, 4) is 5.75 Å². The summed E-state index contributed by atoms with van der Waals surface area (Å²) in [7, 11) is 0. The van der Waals surface area contributed by atoms with Crippen molar-refractivity contribution >= 4 is 72.6 Å². The monoisotopic (exact) mass is 769 g/mol. The van der Waals surface area contributed by atoms with Crippen LogP contribution in [-0.4, -0.2) is 16.0 Å². The van der Waals surface area contributed by atoms with Gasteiger partial charge in [-0.3, -0.25) is 4.79 Å². The molecule has 1 heterocycles. The first-order chi connectivity index (χ1) is 28.8. The van der Waals surface area contributed by atoms with Crippen molar-refractivity contribution in [2.45, 2.75) is 33.6 Å². The summed E-state index contributed by atoms with van der Waals surface area (Å²) in [6.07, 6.45) is 1.71. The zero-order valence-corrected chi connectivity index (χ0v) is 33.2. The summed E-state index contributed by atoms with van der Waals surface area (Å²) in [5, 5.41) is 27.3. The van der Waals surface area contributed by atoms with E-state index in [2.05, 4.69) is 118 Å². The second-order valence-corrected chi connectivity index (χ2v) is 15.2. The number of fused-ring (bicyclic) bond motifs is 5. The van der Waals surface area contributed by atoms with E-state index in [0.717, 1.165) is 68.2 Å². The van der Waals surface area contributed by atoms with Crippen LogP contribution in [-0.2, 0) is 12.8 Å². The molecule has 0 unspecified atom stereocenters. The molecule has 0 saturated carbocycles. The number of amides is 1. The molecule has 0 aliphatic heterocycles. The van der Waals surface area contributed by atoms with Crippen molar-refractivity contribution in [3.05, 3.63) is 197 Å². The number of carbonyl (C=O) groups excluding carboxylic acids is 1. The van der Waals surface area contributed by atoms with Crippen LogP contribution in [0.2, 0.25) is 0 Å². The molecule has 0 aliphatic carbocycles. The van der Waals surface area contributed by atoms with Crippen LogP contribution >= 0.6 is 0 Å². The van der Waals surface area contributed by atoms with Crippen LogP contribution in [0, 0.1) is 20.8 Å². The molecule has 288 valence electrons. The van der Waals surface area contributed by atoms with Gasteiger partial charge in [0, 0.05) is 44.4 Å². The molecule has 0 aliphatic rings. The minimum Gasteiger partial charge on any atom is -0.505 e. The van der Waals surface area contributed by atoms with Crippen molar-refractivity contribution < 1.29 is 9.90 Å². The number of aromatic amines is 1. The smallest absolute Gasteiger partial charge is 0.259 e. The molecule has 0 bridgehead atoms. The Morgan fingerprint density at radius 2 is 1.15 bits per heavy atom. The number of nitrogens with one attached hydrogen (secondary N) is 2. The maximum atomic E-state index is 13.9. The normalized spacial score (nSPS) is 11.5. The first-order valence-electron chi connectivity index (χ1n) is 19.9. The molecule has 9 rings (SSSR count). The molecule has 0 saturated heterocycles. The highest BCUT2D eigenvalue weighted by atomic mass is 16.3. The summed E-state index contributed by atoms with van der Waals surface area (Å²) in [4.78, 5) is 19.7. The van der Waals surface area contributed by atoms with Gasteiger partial charge in [0.05, 0.1) is 16.8 Å². The minimum absolute atomic E-state index is 0.113. The van der Waals surface area contributed by atoms with Crippen LogP contribution in [0.3, 0.4) is 0 Å². The largest absolute Gasteiger partial charge is 0.505 e. The number of nitrogens with zero attached hydrogens (tertiary/aromatic N) is 3. The number of hydrogen-bond donors (Lipinski definition) is 3. The van der Waals surface area contributed by atoms with Crippen molar-refractivity contribution in [1.82, 2.24) is 4.98 Å². The fraction of sp³-hybridized carbons (Fsp3) is 0.0962. The fourth-order valence-corrected chi connectivity index (χ4v) is 7.66. The summed E-state index contributed by atoms with van der Waals surface area (Å²) in [6.45, 7) is 6.22. The van der Waals surface area contributed by atoms with Crippen LogP contribution in [0.25, 0.3) is 32.6 Å². The minimum atomic E-state index is -0.439. The van der Waals surface area contributed by atoms with Gasteiger partial charge >= 0.3 is 0 Å². The molecule has 0 spiro atoms. The molecule has 0 fully saturated rings. The van der Waals surface area contributed by atoms with Crippen molar-refractivity contribution in [2.75, 3.05) is 10.2 Å². The number of para-hydroxylation sites is 1. The zero-order chi connectivity index (χ0) is 40.5. The number of phenols is 1. The lowest BCUT2D eigenvalue weighted by Gasteiger charge is -2.26.